The molecule has 82 valence electrons. The van der Waals surface area contributed by atoms with Crippen LogP contribution in [-0.4, -0.2) is 11.9 Å². The van der Waals surface area contributed by atoms with Gasteiger partial charge in [-0.1, -0.05) is 12.8 Å². The lowest BCUT2D eigenvalue weighted by Gasteiger charge is -2.09. The summed E-state index contributed by atoms with van der Waals surface area (Å²) in [6.07, 6.45) is 6.07. The standard InChI is InChI=1S/C11H16N2O2/c12-6-10-5-8(7-15-10)11(14)13-9-3-1-2-4-9/h5,7,9H,1-4,6,12H2,(H,13,14). The number of furan rings is 1. The first-order valence-corrected chi connectivity index (χ1v) is 5.38. The van der Waals surface area contributed by atoms with Crippen molar-refractivity contribution in [2.45, 2.75) is 38.3 Å². The molecule has 1 amide bonds. The van der Waals surface area contributed by atoms with Crippen molar-refractivity contribution >= 4 is 5.91 Å². The highest BCUT2D eigenvalue weighted by Gasteiger charge is 2.18. The van der Waals surface area contributed by atoms with Gasteiger partial charge in [0.05, 0.1) is 12.1 Å². The molecule has 1 aliphatic rings. The predicted molar refractivity (Wildman–Crippen MR) is 56.3 cm³/mol. The van der Waals surface area contributed by atoms with Gasteiger partial charge in [-0.2, -0.15) is 0 Å². The Hall–Kier alpha value is -1.29. The Balaban J connectivity index is 1.94. The van der Waals surface area contributed by atoms with E-state index in [0.29, 0.717) is 23.9 Å². The predicted octanol–water partition coefficient (Wildman–Crippen LogP) is 1.41. The van der Waals surface area contributed by atoms with Crippen LogP contribution < -0.4 is 11.1 Å². The number of hydrogen-bond acceptors (Lipinski definition) is 3. The zero-order valence-electron chi connectivity index (χ0n) is 8.66. The molecule has 0 aliphatic heterocycles. The second kappa shape index (κ2) is 4.49. The summed E-state index contributed by atoms with van der Waals surface area (Å²) in [5.41, 5.74) is 5.97. The molecule has 3 N–H and O–H groups in total. The van der Waals surface area contributed by atoms with E-state index in [1.807, 2.05) is 0 Å². The van der Waals surface area contributed by atoms with Crippen LogP contribution in [0.15, 0.2) is 16.7 Å². The lowest BCUT2D eigenvalue weighted by molar-refractivity contribution is 0.0937. The Kier molecular flexibility index (Phi) is 3.06. The van der Waals surface area contributed by atoms with E-state index in [2.05, 4.69) is 5.32 Å². The van der Waals surface area contributed by atoms with E-state index in [1.165, 1.54) is 19.1 Å². The first kappa shape index (κ1) is 10.2. The van der Waals surface area contributed by atoms with Crippen LogP contribution in [0.1, 0.15) is 41.8 Å². The number of nitrogens with two attached hydrogens (primary N) is 1. The van der Waals surface area contributed by atoms with Crippen LogP contribution in [0.4, 0.5) is 0 Å². The first-order chi connectivity index (χ1) is 7.29. The quantitative estimate of drug-likeness (QED) is 0.789. The molecule has 1 heterocycles. The van der Waals surface area contributed by atoms with Crippen LogP contribution in [0, 0.1) is 0 Å². The van der Waals surface area contributed by atoms with Crippen molar-refractivity contribution in [2.24, 2.45) is 5.73 Å². The summed E-state index contributed by atoms with van der Waals surface area (Å²) in [6.45, 7) is 0.330. The molecule has 0 spiro atoms. The number of amides is 1. The fourth-order valence-electron chi connectivity index (χ4n) is 1.95. The van der Waals surface area contributed by atoms with E-state index in [1.54, 1.807) is 6.07 Å². The van der Waals surface area contributed by atoms with Gasteiger partial charge in [0.25, 0.3) is 5.91 Å². The van der Waals surface area contributed by atoms with Gasteiger partial charge < -0.3 is 15.5 Å². The number of hydrogen-bond donors (Lipinski definition) is 2. The molecule has 0 bridgehead atoms. The second-order valence-electron chi connectivity index (χ2n) is 3.96. The summed E-state index contributed by atoms with van der Waals surface area (Å²) in [5, 5.41) is 2.99. The van der Waals surface area contributed by atoms with Crippen LogP contribution in [0.2, 0.25) is 0 Å². The molecule has 1 aromatic rings. The zero-order valence-corrected chi connectivity index (χ0v) is 8.66. The molecule has 0 radical (unpaired) electrons. The number of carbonyl (C=O) groups is 1. The summed E-state index contributed by atoms with van der Waals surface area (Å²) in [5.74, 6) is 0.594. The van der Waals surface area contributed by atoms with Crippen LogP contribution >= 0.6 is 0 Å². The minimum absolute atomic E-state index is 0.0506. The third-order valence-electron chi connectivity index (χ3n) is 2.81. The molecule has 2 rings (SSSR count). The molecule has 4 nitrogen and oxygen atoms in total. The average Bonchev–Trinajstić information content (AvgIpc) is 2.86. The first-order valence-electron chi connectivity index (χ1n) is 5.38. The van der Waals surface area contributed by atoms with Gasteiger partial charge in [-0.25, -0.2) is 0 Å². The van der Waals surface area contributed by atoms with E-state index in [-0.39, 0.29) is 5.91 Å². The van der Waals surface area contributed by atoms with Crippen molar-refractivity contribution in [2.75, 3.05) is 0 Å². The average molecular weight is 208 g/mol. The van der Waals surface area contributed by atoms with Crippen molar-refractivity contribution in [1.82, 2.24) is 5.32 Å². The summed E-state index contributed by atoms with van der Waals surface area (Å²) in [7, 11) is 0. The maximum absolute atomic E-state index is 11.7. The molecule has 1 aromatic heterocycles. The third kappa shape index (κ3) is 2.39. The monoisotopic (exact) mass is 208 g/mol. The van der Waals surface area contributed by atoms with Crippen LogP contribution in [0.5, 0.6) is 0 Å². The SMILES string of the molecule is NCc1cc(C(=O)NC2CCCC2)co1. The molecule has 1 aliphatic carbocycles. The van der Waals surface area contributed by atoms with Crippen molar-refractivity contribution < 1.29 is 9.21 Å². The third-order valence-corrected chi connectivity index (χ3v) is 2.81. The van der Waals surface area contributed by atoms with Gasteiger partial charge in [-0.05, 0) is 18.9 Å². The Morgan fingerprint density at radius 3 is 2.87 bits per heavy atom. The minimum Gasteiger partial charge on any atom is -0.467 e. The molecule has 0 saturated heterocycles. The molecular weight excluding hydrogens is 192 g/mol. The molecule has 15 heavy (non-hydrogen) atoms. The van der Waals surface area contributed by atoms with Gasteiger partial charge in [0.1, 0.15) is 12.0 Å². The van der Waals surface area contributed by atoms with Gasteiger partial charge in [-0.15, -0.1) is 0 Å². The van der Waals surface area contributed by atoms with E-state index >= 15 is 0 Å². The van der Waals surface area contributed by atoms with E-state index in [9.17, 15) is 4.79 Å². The molecule has 1 saturated carbocycles. The Labute approximate surface area is 88.8 Å². The Bertz CT molecular complexity index is 340. The summed E-state index contributed by atoms with van der Waals surface area (Å²) < 4.78 is 5.11. The second-order valence-corrected chi connectivity index (χ2v) is 3.96. The summed E-state index contributed by atoms with van der Waals surface area (Å²) in [6, 6.07) is 2.04. The molecule has 4 heteroatoms. The van der Waals surface area contributed by atoms with Gasteiger partial charge >= 0.3 is 0 Å². The van der Waals surface area contributed by atoms with Crippen molar-refractivity contribution in [3.8, 4) is 0 Å². The van der Waals surface area contributed by atoms with Crippen molar-refractivity contribution in [3.63, 3.8) is 0 Å². The van der Waals surface area contributed by atoms with Gasteiger partial charge in [0.2, 0.25) is 0 Å². The lowest BCUT2D eigenvalue weighted by atomic mass is 10.2. The minimum atomic E-state index is -0.0506. The maximum atomic E-state index is 11.7. The van der Waals surface area contributed by atoms with E-state index in [4.69, 9.17) is 10.2 Å². The highest BCUT2D eigenvalue weighted by Crippen LogP contribution is 2.18. The fourth-order valence-corrected chi connectivity index (χ4v) is 1.95. The highest BCUT2D eigenvalue weighted by molar-refractivity contribution is 5.94. The van der Waals surface area contributed by atoms with Crippen LogP contribution in [-0.2, 0) is 6.54 Å². The van der Waals surface area contributed by atoms with Crippen LogP contribution in [0.25, 0.3) is 0 Å². The van der Waals surface area contributed by atoms with E-state index in [0.717, 1.165) is 12.8 Å². The normalized spacial score (nSPS) is 16.9. The number of rotatable bonds is 3. The maximum Gasteiger partial charge on any atom is 0.254 e. The summed E-state index contributed by atoms with van der Waals surface area (Å²) in [4.78, 5) is 11.7. The Morgan fingerprint density at radius 1 is 1.53 bits per heavy atom. The Morgan fingerprint density at radius 2 is 2.27 bits per heavy atom. The fraction of sp³-hybridized carbons (Fsp3) is 0.545. The van der Waals surface area contributed by atoms with Crippen LogP contribution in [0.3, 0.4) is 0 Å². The zero-order chi connectivity index (χ0) is 10.7. The van der Waals surface area contributed by atoms with E-state index < -0.39 is 0 Å². The summed E-state index contributed by atoms with van der Waals surface area (Å²) >= 11 is 0. The number of nitrogens with one attached hydrogen (secondary N) is 1. The molecule has 0 aromatic carbocycles. The van der Waals surface area contributed by atoms with Crippen molar-refractivity contribution in [1.29, 1.82) is 0 Å². The molecule has 0 atom stereocenters. The van der Waals surface area contributed by atoms with Gasteiger partial charge in [0.15, 0.2) is 0 Å². The lowest BCUT2D eigenvalue weighted by Crippen LogP contribution is -2.32. The highest BCUT2D eigenvalue weighted by atomic mass is 16.3. The van der Waals surface area contributed by atoms with Gasteiger partial charge in [-0.3, -0.25) is 4.79 Å². The molecular formula is C11H16N2O2. The largest absolute Gasteiger partial charge is 0.467 e. The molecule has 1 fully saturated rings. The smallest absolute Gasteiger partial charge is 0.254 e. The van der Waals surface area contributed by atoms with Gasteiger partial charge in [0, 0.05) is 6.04 Å². The van der Waals surface area contributed by atoms with Crippen molar-refractivity contribution in [3.05, 3.63) is 23.7 Å². The topological polar surface area (TPSA) is 68.3 Å². The molecule has 0 unspecified atom stereocenters. The number of carbonyl (C=O) groups excluding carboxylic acids is 1.